The Labute approximate surface area is 130 Å². The molecule has 6 heteroatoms. The zero-order valence-electron chi connectivity index (χ0n) is 8.67. The van der Waals surface area contributed by atoms with Crippen LogP contribution < -0.4 is 57.1 Å². The maximum atomic E-state index is 12.6. The van der Waals surface area contributed by atoms with Gasteiger partial charge in [0.05, 0.1) is 0 Å². The summed E-state index contributed by atoms with van der Waals surface area (Å²) in [5, 5.41) is 0. The van der Waals surface area contributed by atoms with Crippen LogP contribution >= 0.6 is 0 Å². The summed E-state index contributed by atoms with van der Waals surface area (Å²) >= 11 is 0. The van der Waals surface area contributed by atoms with Gasteiger partial charge in [0, 0.05) is 0 Å². The van der Waals surface area contributed by atoms with Crippen LogP contribution in [-0.4, -0.2) is 13.5 Å². The van der Waals surface area contributed by atoms with Crippen LogP contribution in [0.15, 0.2) is 30.3 Å². The second kappa shape index (κ2) is 7.09. The topological polar surface area (TPSA) is 26.0 Å². The molecule has 1 aromatic carbocycles. The molecule has 0 radical (unpaired) electrons. The summed E-state index contributed by atoms with van der Waals surface area (Å²) in [7, 11) is 0. The van der Waals surface area contributed by atoms with Crippen LogP contribution in [0.3, 0.4) is 0 Å². The number of nitrogens with two attached hydrogens (primary N) is 1. The van der Waals surface area contributed by atoms with Crippen molar-refractivity contribution in [2.45, 2.75) is 12.2 Å². The number of benzene rings is 1. The summed E-state index contributed by atoms with van der Waals surface area (Å²) in [4.78, 5) is 0. The summed E-state index contributed by atoms with van der Waals surface area (Å²) < 4.78 is 37.8. The zero-order valence-corrected chi connectivity index (χ0v) is 11.8. The molecule has 0 amide bonds. The first-order chi connectivity index (χ1) is 6.55. The summed E-state index contributed by atoms with van der Waals surface area (Å²) in [6.45, 7) is -4.79. The molecule has 0 spiro atoms. The van der Waals surface area contributed by atoms with Gasteiger partial charge in [0.25, 0.3) is 0 Å². The minimum Gasteiger partial charge on any atom is -0.448 e. The maximum Gasteiger partial charge on any atom is 1.00 e. The second-order valence-corrected chi connectivity index (χ2v) is 3.22. The Kier molecular flexibility index (Phi) is 7.40. The van der Waals surface area contributed by atoms with Gasteiger partial charge in [-0.05, 0) is 12.4 Å². The van der Waals surface area contributed by atoms with E-state index in [4.69, 9.17) is 5.73 Å². The maximum absolute atomic E-state index is 12.6. The molecule has 1 atom stereocenters. The smallest absolute Gasteiger partial charge is 0.448 e. The molecule has 1 nitrogen and oxygen atoms in total. The van der Waals surface area contributed by atoms with Crippen molar-refractivity contribution in [3.63, 3.8) is 0 Å². The molecule has 0 heterocycles. The Morgan fingerprint density at radius 3 is 2.07 bits per heavy atom. The first-order valence-electron chi connectivity index (χ1n) is 4.50. The predicted molar refractivity (Wildman–Crippen MR) is 51.9 cm³/mol. The molecule has 0 saturated heterocycles. The van der Waals surface area contributed by atoms with E-state index in [9.17, 15) is 12.9 Å². The molecule has 15 heavy (non-hydrogen) atoms. The normalized spacial score (nSPS) is 13.1. The van der Waals surface area contributed by atoms with Crippen molar-refractivity contribution in [1.82, 2.24) is 0 Å². The molecule has 0 fully saturated rings. The first kappa shape index (κ1) is 15.7. The standard InChI is InChI=1S/C9H12BF3N.K/c11-10(12,13)9(6-7-14)8-4-2-1-3-5-8;/h1-5,9H,6-7,14H2;/q-1;+1. The van der Waals surface area contributed by atoms with Gasteiger partial charge in [-0.15, -0.1) is 0 Å². The van der Waals surface area contributed by atoms with Crippen molar-refractivity contribution in [2.75, 3.05) is 6.54 Å². The Balaban J connectivity index is 0.00000196. The van der Waals surface area contributed by atoms with Crippen molar-refractivity contribution < 1.29 is 64.3 Å². The van der Waals surface area contributed by atoms with Crippen molar-refractivity contribution in [3.8, 4) is 0 Å². The molecular formula is C9H12BF3KN. The third kappa shape index (κ3) is 5.02. The zero-order chi connectivity index (χ0) is 10.6. The van der Waals surface area contributed by atoms with Crippen molar-refractivity contribution >= 4 is 6.98 Å². The molecule has 0 aliphatic rings. The Bertz CT molecular complexity index is 278. The molecule has 78 valence electrons. The summed E-state index contributed by atoms with van der Waals surface area (Å²) in [5.41, 5.74) is 5.48. The fourth-order valence-corrected chi connectivity index (χ4v) is 1.45. The Hall–Kier alpha value is 0.671. The van der Waals surface area contributed by atoms with Gasteiger partial charge in [-0.2, -0.15) is 0 Å². The van der Waals surface area contributed by atoms with Gasteiger partial charge in [0.15, 0.2) is 0 Å². The molecule has 1 unspecified atom stereocenters. The van der Waals surface area contributed by atoms with E-state index >= 15 is 0 Å². The number of hydrogen-bond acceptors (Lipinski definition) is 1. The molecule has 0 aliphatic carbocycles. The monoisotopic (exact) mass is 241 g/mol. The van der Waals surface area contributed by atoms with E-state index in [1.807, 2.05) is 0 Å². The Morgan fingerprint density at radius 2 is 1.67 bits per heavy atom. The fraction of sp³-hybridized carbons (Fsp3) is 0.333. The number of rotatable bonds is 4. The van der Waals surface area contributed by atoms with Gasteiger partial charge >= 0.3 is 58.4 Å². The molecule has 0 aliphatic heterocycles. The SMILES string of the molecule is NCCC(c1ccccc1)[B-](F)(F)F.[K+]. The molecule has 0 aromatic heterocycles. The summed E-state index contributed by atoms with van der Waals surface area (Å²) in [6, 6.07) is 7.92. The van der Waals surface area contributed by atoms with Gasteiger partial charge in [0.2, 0.25) is 0 Å². The van der Waals surface area contributed by atoms with Gasteiger partial charge in [0.1, 0.15) is 0 Å². The third-order valence-corrected chi connectivity index (χ3v) is 2.16. The molecule has 0 bridgehead atoms. The van der Waals surface area contributed by atoms with E-state index in [0.29, 0.717) is 5.56 Å². The van der Waals surface area contributed by atoms with Crippen molar-refractivity contribution in [3.05, 3.63) is 35.9 Å². The van der Waals surface area contributed by atoms with E-state index in [0.717, 1.165) is 0 Å². The van der Waals surface area contributed by atoms with E-state index < -0.39 is 12.8 Å². The van der Waals surface area contributed by atoms with Gasteiger partial charge in [-0.3, -0.25) is 0 Å². The fourth-order valence-electron chi connectivity index (χ4n) is 1.45. The second-order valence-electron chi connectivity index (χ2n) is 3.22. The molecule has 1 rings (SSSR count). The number of hydrogen-bond donors (Lipinski definition) is 1. The quantitative estimate of drug-likeness (QED) is 0.707. The molecule has 2 N–H and O–H groups in total. The van der Waals surface area contributed by atoms with E-state index in [2.05, 4.69) is 0 Å². The van der Waals surface area contributed by atoms with Crippen molar-refractivity contribution in [2.24, 2.45) is 5.73 Å². The molecule has 0 saturated carbocycles. The van der Waals surface area contributed by atoms with Crippen LogP contribution in [0.2, 0.25) is 0 Å². The molecule has 1 aromatic rings. The summed E-state index contributed by atoms with van der Waals surface area (Å²) in [6.07, 6.45) is -0.0342. The largest absolute Gasteiger partial charge is 1.00 e. The van der Waals surface area contributed by atoms with E-state index in [-0.39, 0.29) is 64.4 Å². The van der Waals surface area contributed by atoms with Crippen LogP contribution in [0.1, 0.15) is 17.8 Å². The average Bonchev–Trinajstić information content (AvgIpc) is 2.14. The predicted octanol–water partition coefficient (Wildman–Crippen LogP) is -0.490. The van der Waals surface area contributed by atoms with Crippen molar-refractivity contribution in [1.29, 1.82) is 0 Å². The third-order valence-electron chi connectivity index (χ3n) is 2.16. The van der Waals surface area contributed by atoms with Crippen LogP contribution in [0.5, 0.6) is 0 Å². The van der Waals surface area contributed by atoms with Crippen LogP contribution in [0.25, 0.3) is 0 Å². The summed E-state index contributed by atoms with van der Waals surface area (Å²) in [5.74, 6) is -1.37. The van der Waals surface area contributed by atoms with Crippen LogP contribution in [-0.2, 0) is 0 Å². The average molecular weight is 241 g/mol. The first-order valence-corrected chi connectivity index (χ1v) is 4.50. The Morgan fingerprint density at radius 1 is 1.13 bits per heavy atom. The van der Waals surface area contributed by atoms with Gasteiger partial charge in [-0.1, -0.05) is 42.3 Å². The van der Waals surface area contributed by atoms with E-state index in [1.54, 1.807) is 18.2 Å². The van der Waals surface area contributed by atoms with Crippen LogP contribution in [0.4, 0.5) is 12.9 Å². The minimum absolute atomic E-state index is 0. The van der Waals surface area contributed by atoms with E-state index in [1.165, 1.54) is 12.1 Å². The van der Waals surface area contributed by atoms with Crippen LogP contribution in [0, 0.1) is 0 Å². The number of halogens is 3. The molecular weight excluding hydrogens is 229 g/mol. The minimum atomic E-state index is -4.85. The van der Waals surface area contributed by atoms with Gasteiger partial charge < -0.3 is 18.7 Å². The van der Waals surface area contributed by atoms with Gasteiger partial charge in [-0.25, -0.2) is 0 Å².